The molecule has 0 fully saturated rings. The van der Waals surface area contributed by atoms with E-state index in [0.29, 0.717) is 6.07 Å². The number of hydrogen-bond donors (Lipinski definition) is 0. The fourth-order valence-corrected chi connectivity index (χ4v) is 1.86. The Balaban J connectivity index is 2.93. The molecule has 0 aliphatic carbocycles. The predicted molar refractivity (Wildman–Crippen MR) is 56.4 cm³/mol. The standard InChI is InChI=1S/C11H5ClF5N/c1-4-8(12)6-2-5(13)3-7(14)9(6)18-10(4)11(15,16)17/h2-3H,1H3. The molecule has 1 heterocycles. The summed E-state index contributed by atoms with van der Waals surface area (Å²) >= 11 is 5.71. The van der Waals surface area contributed by atoms with E-state index in [1.165, 1.54) is 0 Å². The van der Waals surface area contributed by atoms with E-state index >= 15 is 0 Å². The average Bonchev–Trinajstić information content (AvgIpc) is 2.22. The summed E-state index contributed by atoms with van der Waals surface area (Å²) in [5.74, 6) is -2.11. The number of halogens is 6. The fourth-order valence-electron chi connectivity index (χ4n) is 1.62. The molecule has 7 heteroatoms. The van der Waals surface area contributed by atoms with Gasteiger partial charge in [-0.15, -0.1) is 0 Å². The summed E-state index contributed by atoms with van der Waals surface area (Å²) in [7, 11) is 0. The van der Waals surface area contributed by atoms with Crippen LogP contribution in [0.15, 0.2) is 12.1 Å². The van der Waals surface area contributed by atoms with Gasteiger partial charge >= 0.3 is 6.18 Å². The molecule has 0 atom stereocenters. The molecule has 0 radical (unpaired) electrons. The first kappa shape index (κ1) is 13.0. The van der Waals surface area contributed by atoms with Gasteiger partial charge in [0.15, 0.2) is 5.82 Å². The second-order valence-electron chi connectivity index (χ2n) is 3.68. The van der Waals surface area contributed by atoms with E-state index in [2.05, 4.69) is 4.98 Å². The second-order valence-corrected chi connectivity index (χ2v) is 4.06. The number of rotatable bonds is 0. The number of fused-ring (bicyclic) bond motifs is 1. The first-order chi connectivity index (χ1) is 8.21. The van der Waals surface area contributed by atoms with Gasteiger partial charge < -0.3 is 0 Å². The van der Waals surface area contributed by atoms with E-state index < -0.39 is 29.0 Å². The highest BCUT2D eigenvalue weighted by Gasteiger charge is 2.36. The van der Waals surface area contributed by atoms with Crippen LogP contribution in [-0.2, 0) is 6.18 Å². The van der Waals surface area contributed by atoms with Gasteiger partial charge in [0.05, 0.1) is 5.02 Å². The van der Waals surface area contributed by atoms with Crippen LogP contribution in [0.25, 0.3) is 10.9 Å². The average molecular weight is 282 g/mol. The number of pyridine rings is 1. The highest BCUT2D eigenvalue weighted by molar-refractivity contribution is 6.36. The number of nitrogens with zero attached hydrogens (tertiary/aromatic N) is 1. The lowest BCUT2D eigenvalue weighted by atomic mass is 10.1. The Bertz CT molecular complexity index is 636. The van der Waals surface area contributed by atoms with Gasteiger partial charge in [0.2, 0.25) is 0 Å². The van der Waals surface area contributed by atoms with Gasteiger partial charge in [0, 0.05) is 11.5 Å². The maximum atomic E-state index is 13.4. The molecule has 2 aromatic rings. The van der Waals surface area contributed by atoms with Gasteiger partial charge in [-0.2, -0.15) is 13.2 Å². The molecule has 0 bridgehead atoms. The Morgan fingerprint density at radius 2 is 1.78 bits per heavy atom. The van der Waals surface area contributed by atoms with Crippen LogP contribution >= 0.6 is 11.6 Å². The van der Waals surface area contributed by atoms with E-state index in [9.17, 15) is 22.0 Å². The van der Waals surface area contributed by atoms with Gasteiger partial charge in [-0.3, -0.25) is 0 Å². The van der Waals surface area contributed by atoms with Crippen molar-refractivity contribution >= 4 is 22.5 Å². The zero-order valence-electron chi connectivity index (χ0n) is 8.87. The molecule has 1 aromatic carbocycles. The highest BCUT2D eigenvalue weighted by atomic mass is 35.5. The molecule has 1 aromatic heterocycles. The first-order valence-corrected chi connectivity index (χ1v) is 5.11. The van der Waals surface area contributed by atoms with E-state index in [0.717, 1.165) is 13.0 Å². The Morgan fingerprint density at radius 3 is 2.33 bits per heavy atom. The lowest BCUT2D eigenvalue weighted by Gasteiger charge is -2.13. The number of aromatic nitrogens is 1. The molecule has 0 spiro atoms. The Hall–Kier alpha value is -1.43. The largest absolute Gasteiger partial charge is 0.433 e. The van der Waals surface area contributed by atoms with Crippen molar-refractivity contribution in [2.45, 2.75) is 13.1 Å². The van der Waals surface area contributed by atoms with Gasteiger partial charge in [-0.05, 0) is 18.6 Å². The summed E-state index contributed by atoms with van der Waals surface area (Å²) in [6, 6.07) is 1.31. The van der Waals surface area contributed by atoms with Crippen LogP contribution in [0.1, 0.15) is 11.3 Å². The second kappa shape index (κ2) is 4.05. The third-order valence-corrected chi connectivity index (χ3v) is 2.93. The van der Waals surface area contributed by atoms with E-state index in [1.54, 1.807) is 0 Å². The van der Waals surface area contributed by atoms with Crippen molar-refractivity contribution in [1.29, 1.82) is 0 Å². The quantitative estimate of drug-likeness (QED) is 0.648. The molecule has 0 aliphatic rings. The minimum atomic E-state index is -4.75. The normalized spacial score (nSPS) is 12.2. The van der Waals surface area contributed by atoms with Gasteiger partial charge in [0.25, 0.3) is 0 Å². The van der Waals surface area contributed by atoms with Crippen molar-refractivity contribution in [3.8, 4) is 0 Å². The summed E-state index contributed by atoms with van der Waals surface area (Å²) in [4.78, 5) is 3.20. The van der Waals surface area contributed by atoms with Crippen LogP contribution in [0.4, 0.5) is 22.0 Å². The predicted octanol–water partition coefficient (Wildman–Crippen LogP) is 4.49. The molecular weight excluding hydrogens is 277 g/mol. The van der Waals surface area contributed by atoms with Crippen molar-refractivity contribution in [2.24, 2.45) is 0 Å². The molecule has 18 heavy (non-hydrogen) atoms. The van der Waals surface area contributed by atoms with E-state index in [-0.39, 0.29) is 16.0 Å². The molecule has 0 saturated heterocycles. The zero-order valence-corrected chi connectivity index (χ0v) is 9.63. The smallest absolute Gasteiger partial charge is 0.240 e. The van der Waals surface area contributed by atoms with Gasteiger partial charge in [-0.25, -0.2) is 13.8 Å². The lowest BCUT2D eigenvalue weighted by Crippen LogP contribution is -2.11. The minimum absolute atomic E-state index is 0.181. The molecule has 96 valence electrons. The molecule has 2 rings (SSSR count). The summed E-state index contributed by atoms with van der Waals surface area (Å²) in [5.41, 5.74) is -2.23. The molecule has 0 N–H and O–H groups in total. The fraction of sp³-hybridized carbons (Fsp3) is 0.182. The van der Waals surface area contributed by atoms with Crippen LogP contribution in [-0.4, -0.2) is 4.98 Å². The maximum absolute atomic E-state index is 13.4. The van der Waals surface area contributed by atoms with Crippen molar-refractivity contribution in [1.82, 2.24) is 4.98 Å². The first-order valence-electron chi connectivity index (χ1n) is 4.74. The van der Waals surface area contributed by atoms with Crippen molar-refractivity contribution < 1.29 is 22.0 Å². The number of hydrogen-bond acceptors (Lipinski definition) is 1. The van der Waals surface area contributed by atoms with Crippen molar-refractivity contribution in [2.75, 3.05) is 0 Å². The van der Waals surface area contributed by atoms with Crippen LogP contribution in [0.3, 0.4) is 0 Å². The summed E-state index contributed by atoms with van der Waals surface area (Å²) in [6.45, 7) is 1.10. The Morgan fingerprint density at radius 1 is 1.17 bits per heavy atom. The molecule has 0 unspecified atom stereocenters. The molecule has 1 nitrogen and oxygen atoms in total. The third kappa shape index (κ3) is 2.01. The van der Waals surface area contributed by atoms with Crippen LogP contribution in [0.5, 0.6) is 0 Å². The van der Waals surface area contributed by atoms with E-state index in [1.807, 2.05) is 0 Å². The summed E-state index contributed by atoms with van der Waals surface area (Å²) in [6.07, 6.45) is -4.75. The van der Waals surface area contributed by atoms with Crippen LogP contribution in [0.2, 0.25) is 5.02 Å². The van der Waals surface area contributed by atoms with Gasteiger partial charge in [-0.1, -0.05) is 11.6 Å². The van der Waals surface area contributed by atoms with Crippen molar-refractivity contribution in [3.05, 3.63) is 40.0 Å². The third-order valence-electron chi connectivity index (χ3n) is 2.44. The molecule has 0 saturated carbocycles. The van der Waals surface area contributed by atoms with Gasteiger partial charge in [0.1, 0.15) is 17.0 Å². The molecule has 0 aliphatic heterocycles. The van der Waals surface area contributed by atoms with E-state index in [4.69, 9.17) is 11.6 Å². The maximum Gasteiger partial charge on any atom is 0.433 e. The summed E-state index contributed by atoms with van der Waals surface area (Å²) < 4.78 is 64.3. The monoisotopic (exact) mass is 281 g/mol. The Kier molecular flexibility index (Phi) is 2.93. The highest BCUT2D eigenvalue weighted by Crippen LogP contribution is 2.37. The number of alkyl halides is 3. The topological polar surface area (TPSA) is 12.9 Å². The molecule has 0 amide bonds. The van der Waals surface area contributed by atoms with Crippen LogP contribution < -0.4 is 0 Å². The minimum Gasteiger partial charge on any atom is -0.240 e. The Labute approximate surface area is 103 Å². The summed E-state index contributed by atoms with van der Waals surface area (Å²) in [5, 5.41) is -0.537. The van der Waals surface area contributed by atoms with Crippen LogP contribution in [0, 0.1) is 18.6 Å². The number of benzene rings is 1. The lowest BCUT2D eigenvalue weighted by molar-refractivity contribution is -0.141. The zero-order chi connectivity index (χ0) is 13.7. The van der Waals surface area contributed by atoms with Crippen molar-refractivity contribution in [3.63, 3.8) is 0 Å². The SMILES string of the molecule is Cc1c(C(F)(F)F)nc2c(F)cc(F)cc2c1Cl. The molecular formula is C11H5ClF5N.